The summed E-state index contributed by atoms with van der Waals surface area (Å²) in [6, 6.07) is 12.3. The molecule has 0 aliphatic heterocycles. The van der Waals surface area contributed by atoms with Crippen molar-refractivity contribution >= 4 is 40.6 Å². The summed E-state index contributed by atoms with van der Waals surface area (Å²) in [7, 11) is 1.91. The van der Waals surface area contributed by atoms with Gasteiger partial charge in [0.2, 0.25) is 0 Å². The number of ketones is 1. The quantitative estimate of drug-likeness (QED) is 0.773. The number of anilines is 1. The number of amides is 1. The fourth-order valence-electron chi connectivity index (χ4n) is 2.34. The van der Waals surface area contributed by atoms with Gasteiger partial charge in [0.1, 0.15) is 6.54 Å². The minimum Gasteiger partial charge on any atom is -0.326 e. The van der Waals surface area contributed by atoms with Gasteiger partial charge in [0.15, 0.2) is 12.3 Å². The number of rotatable bonds is 6. The van der Waals surface area contributed by atoms with Gasteiger partial charge in [-0.15, -0.1) is 0 Å². The zero-order chi connectivity index (χ0) is 17.7. The Kier molecular flexibility index (Phi) is 6.37. The molecule has 2 aromatic carbocycles. The number of benzene rings is 2. The van der Waals surface area contributed by atoms with Gasteiger partial charge >= 0.3 is 0 Å². The molecule has 6 heteroatoms. The summed E-state index contributed by atoms with van der Waals surface area (Å²) < 4.78 is 0. The molecule has 0 aliphatic carbocycles. The summed E-state index contributed by atoms with van der Waals surface area (Å²) >= 11 is 12.2. The van der Waals surface area contributed by atoms with Crippen molar-refractivity contribution in [2.45, 2.75) is 13.5 Å². The van der Waals surface area contributed by atoms with Crippen LogP contribution in [-0.2, 0) is 11.3 Å². The third-order valence-electron chi connectivity index (χ3n) is 3.56. The minimum absolute atomic E-state index is 0.00421. The van der Waals surface area contributed by atoms with Gasteiger partial charge in [0.25, 0.3) is 5.91 Å². The fraction of sp³-hybridized carbons (Fsp3) is 0.222. The number of halogens is 2. The summed E-state index contributed by atoms with van der Waals surface area (Å²) in [5, 5.41) is 3.86. The Labute approximate surface area is 151 Å². The molecule has 2 rings (SSSR count). The van der Waals surface area contributed by atoms with Crippen LogP contribution in [0.1, 0.15) is 22.8 Å². The number of nitrogens with one attached hydrogen (secondary N) is 2. The van der Waals surface area contributed by atoms with Crippen LogP contribution < -0.4 is 10.2 Å². The van der Waals surface area contributed by atoms with Crippen LogP contribution >= 0.6 is 23.2 Å². The molecule has 2 N–H and O–H groups in total. The molecule has 0 heterocycles. The first-order chi connectivity index (χ1) is 11.4. The van der Waals surface area contributed by atoms with Crippen LogP contribution in [0, 0.1) is 0 Å². The summed E-state index contributed by atoms with van der Waals surface area (Å²) in [6.45, 7) is 2.39. The summed E-state index contributed by atoms with van der Waals surface area (Å²) in [5.41, 5.74) is 2.19. The second-order valence-corrected chi connectivity index (χ2v) is 6.49. The van der Waals surface area contributed by atoms with E-state index in [1.165, 1.54) is 6.92 Å². The first kappa shape index (κ1) is 18.5. The van der Waals surface area contributed by atoms with Crippen molar-refractivity contribution < 1.29 is 14.5 Å². The highest BCUT2D eigenvalue weighted by Crippen LogP contribution is 2.24. The highest BCUT2D eigenvalue weighted by atomic mass is 35.5. The highest BCUT2D eigenvalue weighted by molar-refractivity contribution is 6.42. The van der Waals surface area contributed by atoms with Crippen LogP contribution in [0.15, 0.2) is 42.5 Å². The van der Waals surface area contributed by atoms with E-state index in [0.29, 0.717) is 27.8 Å². The van der Waals surface area contributed by atoms with Crippen LogP contribution in [0.25, 0.3) is 0 Å². The second kappa shape index (κ2) is 8.29. The van der Waals surface area contributed by atoms with Crippen molar-refractivity contribution in [3.8, 4) is 0 Å². The molecule has 0 fully saturated rings. The number of carbonyl (C=O) groups is 2. The maximum Gasteiger partial charge on any atom is 0.279 e. The molecule has 0 aliphatic rings. The molecule has 24 heavy (non-hydrogen) atoms. The lowest BCUT2D eigenvalue weighted by Crippen LogP contribution is -3.08. The van der Waals surface area contributed by atoms with Crippen molar-refractivity contribution in [3.05, 3.63) is 63.6 Å². The Morgan fingerprint density at radius 1 is 1.08 bits per heavy atom. The van der Waals surface area contributed by atoms with Crippen molar-refractivity contribution in [1.29, 1.82) is 0 Å². The van der Waals surface area contributed by atoms with Gasteiger partial charge in [-0.3, -0.25) is 9.59 Å². The van der Waals surface area contributed by atoms with Crippen molar-refractivity contribution in [2.24, 2.45) is 0 Å². The maximum absolute atomic E-state index is 12.1. The Morgan fingerprint density at radius 3 is 2.38 bits per heavy atom. The highest BCUT2D eigenvalue weighted by Gasteiger charge is 2.14. The largest absolute Gasteiger partial charge is 0.326 e. The summed E-state index contributed by atoms with van der Waals surface area (Å²) in [6.07, 6.45) is 0. The second-order valence-electron chi connectivity index (χ2n) is 5.71. The molecule has 126 valence electrons. The Bertz CT molecular complexity index is 745. The fourth-order valence-corrected chi connectivity index (χ4v) is 2.73. The average Bonchev–Trinajstić information content (AvgIpc) is 2.52. The molecule has 1 atom stereocenters. The number of hydrogen-bond acceptors (Lipinski definition) is 2. The number of likely N-dealkylation sites (N-methyl/N-ethyl adjacent to an activating group) is 1. The van der Waals surface area contributed by atoms with Crippen LogP contribution in [0.2, 0.25) is 10.0 Å². The molecule has 0 saturated carbocycles. The zero-order valence-electron chi connectivity index (χ0n) is 13.5. The van der Waals surface area contributed by atoms with Crippen LogP contribution in [0.4, 0.5) is 5.69 Å². The molecular formula is C18H19Cl2N2O2+. The molecule has 0 radical (unpaired) electrons. The van der Waals surface area contributed by atoms with Gasteiger partial charge in [-0.2, -0.15) is 0 Å². The van der Waals surface area contributed by atoms with E-state index < -0.39 is 0 Å². The summed E-state index contributed by atoms with van der Waals surface area (Å²) in [4.78, 5) is 24.3. The Balaban J connectivity index is 1.91. The van der Waals surface area contributed by atoms with E-state index in [4.69, 9.17) is 23.2 Å². The monoisotopic (exact) mass is 365 g/mol. The number of carbonyl (C=O) groups excluding carboxylic acids is 2. The smallest absolute Gasteiger partial charge is 0.279 e. The van der Waals surface area contributed by atoms with E-state index in [1.807, 2.05) is 19.2 Å². The van der Waals surface area contributed by atoms with E-state index in [9.17, 15) is 9.59 Å². The Morgan fingerprint density at radius 2 is 1.75 bits per heavy atom. The Hall–Kier alpha value is -1.88. The molecule has 0 bridgehead atoms. The van der Waals surface area contributed by atoms with Gasteiger partial charge in [-0.05, 0) is 37.3 Å². The third-order valence-corrected chi connectivity index (χ3v) is 4.42. The lowest BCUT2D eigenvalue weighted by Gasteiger charge is -2.15. The van der Waals surface area contributed by atoms with E-state index in [2.05, 4.69) is 5.32 Å². The van der Waals surface area contributed by atoms with Crippen LogP contribution in [-0.4, -0.2) is 25.3 Å². The van der Waals surface area contributed by atoms with Gasteiger partial charge in [0.05, 0.1) is 17.1 Å². The van der Waals surface area contributed by atoms with Crippen LogP contribution in [0.5, 0.6) is 0 Å². The number of hydrogen-bond donors (Lipinski definition) is 2. The lowest BCUT2D eigenvalue weighted by atomic mass is 10.1. The molecule has 0 spiro atoms. The molecule has 0 saturated heterocycles. The standard InChI is InChI=1S/C18H18Cl2N2O2/c1-12(23)13-6-8-15(9-7-13)21-17(24)11-22(2)10-14-4-3-5-16(19)18(14)20/h3-9H,10-11H2,1-2H3,(H,21,24)/p+1. The first-order valence-corrected chi connectivity index (χ1v) is 8.27. The van der Waals surface area contributed by atoms with Crippen molar-refractivity contribution in [2.75, 3.05) is 18.9 Å². The van der Waals surface area contributed by atoms with E-state index in [1.54, 1.807) is 30.3 Å². The minimum atomic E-state index is -0.110. The van der Waals surface area contributed by atoms with Gasteiger partial charge < -0.3 is 10.2 Å². The maximum atomic E-state index is 12.1. The molecule has 1 unspecified atom stereocenters. The first-order valence-electron chi connectivity index (χ1n) is 7.52. The van der Waals surface area contributed by atoms with E-state index in [0.717, 1.165) is 10.5 Å². The van der Waals surface area contributed by atoms with E-state index >= 15 is 0 Å². The van der Waals surface area contributed by atoms with Gasteiger partial charge in [-0.25, -0.2) is 0 Å². The third kappa shape index (κ3) is 5.06. The summed E-state index contributed by atoms with van der Waals surface area (Å²) in [5.74, 6) is -0.114. The predicted octanol–water partition coefficient (Wildman–Crippen LogP) is 2.85. The molecule has 2 aromatic rings. The average molecular weight is 366 g/mol. The van der Waals surface area contributed by atoms with Crippen molar-refractivity contribution in [1.82, 2.24) is 0 Å². The molecule has 0 aromatic heterocycles. The zero-order valence-corrected chi connectivity index (χ0v) is 15.0. The van der Waals surface area contributed by atoms with Crippen molar-refractivity contribution in [3.63, 3.8) is 0 Å². The molecular weight excluding hydrogens is 347 g/mol. The van der Waals surface area contributed by atoms with Gasteiger partial charge in [0, 0.05) is 16.8 Å². The SMILES string of the molecule is CC(=O)c1ccc(NC(=O)C[NH+](C)Cc2cccc(Cl)c2Cl)cc1. The number of Topliss-reactive ketones (excluding diaryl/α,β-unsaturated/α-hetero) is 1. The van der Waals surface area contributed by atoms with Gasteiger partial charge in [-0.1, -0.05) is 35.3 Å². The predicted molar refractivity (Wildman–Crippen MR) is 97.0 cm³/mol. The van der Waals surface area contributed by atoms with Crippen LogP contribution in [0.3, 0.4) is 0 Å². The topological polar surface area (TPSA) is 50.6 Å². The lowest BCUT2D eigenvalue weighted by molar-refractivity contribution is -0.885. The normalized spacial score (nSPS) is 11.8. The molecule has 1 amide bonds. The van der Waals surface area contributed by atoms with E-state index in [-0.39, 0.29) is 18.2 Å². The number of quaternary nitrogens is 1. The molecule has 4 nitrogen and oxygen atoms in total.